The molecule has 23 heavy (non-hydrogen) atoms. The molecule has 1 aromatic carbocycles. The fraction of sp³-hybridized carbons (Fsp3) is 0.611. The predicted molar refractivity (Wildman–Crippen MR) is 92.5 cm³/mol. The van der Waals surface area contributed by atoms with Gasteiger partial charge in [0.2, 0.25) is 0 Å². The highest BCUT2D eigenvalue weighted by Crippen LogP contribution is 2.15. The molecule has 0 bridgehead atoms. The maximum Gasteiger partial charge on any atom is 0.251 e. The van der Waals surface area contributed by atoms with E-state index in [2.05, 4.69) is 15.1 Å². The van der Waals surface area contributed by atoms with Gasteiger partial charge in [-0.1, -0.05) is 18.6 Å². The van der Waals surface area contributed by atoms with Crippen molar-refractivity contribution in [1.29, 1.82) is 0 Å². The van der Waals surface area contributed by atoms with E-state index < -0.39 is 0 Å². The summed E-state index contributed by atoms with van der Waals surface area (Å²) in [4.78, 5) is 16.6. The standard InChI is InChI=1S/C18H29N3O2/c1-20(2)13-15-6-8-16(9-7-15)18(23)19-10-12-21-11-4-3-5-17(21)14-22/h6-9,17,22H,3-5,10-14H2,1-2H3,(H,19,23)/t17-/m1/s1. The average molecular weight is 319 g/mol. The molecule has 1 aromatic rings. The highest BCUT2D eigenvalue weighted by atomic mass is 16.3. The molecule has 2 N–H and O–H groups in total. The van der Waals surface area contributed by atoms with Gasteiger partial charge in [0.15, 0.2) is 0 Å². The number of aliphatic hydroxyl groups is 1. The molecule has 0 unspecified atom stereocenters. The summed E-state index contributed by atoms with van der Waals surface area (Å²) in [5.74, 6) is -0.0287. The lowest BCUT2D eigenvalue weighted by molar-refractivity contribution is 0.0849. The number of rotatable bonds is 7. The van der Waals surface area contributed by atoms with Gasteiger partial charge in [-0.3, -0.25) is 9.69 Å². The fourth-order valence-corrected chi connectivity index (χ4v) is 3.10. The van der Waals surface area contributed by atoms with Gasteiger partial charge in [-0.2, -0.15) is 0 Å². The van der Waals surface area contributed by atoms with Gasteiger partial charge in [0.1, 0.15) is 0 Å². The van der Waals surface area contributed by atoms with Crippen LogP contribution in [0.4, 0.5) is 0 Å². The zero-order valence-corrected chi connectivity index (χ0v) is 14.3. The van der Waals surface area contributed by atoms with Gasteiger partial charge in [-0.15, -0.1) is 0 Å². The number of hydrogen-bond acceptors (Lipinski definition) is 4. The second-order valence-electron chi connectivity index (χ2n) is 6.56. The van der Waals surface area contributed by atoms with Crippen molar-refractivity contribution in [3.63, 3.8) is 0 Å². The molecule has 1 aliphatic rings. The highest BCUT2D eigenvalue weighted by molar-refractivity contribution is 5.94. The molecule has 1 atom stereocenters. The van der Waals surface area contributed by atoms with E-state index >= 15 is 0 Å². The number of aliphatic hydroxyl groups excluding tert-OH is 1. The minimum absolute atomic E-state index is 0.0287. The molecule has 1 fully saturated rings. The van der Waals surface area contributed by atoms with E-state index in [4.69, 9.17) is 0 Å². The van der Waals surface area contributed by atoms with E-state index in [0.717, 1.165) is 26.1 Å². The minimum atomic E-state index is -0.0287. The van der Waals surface area contributed by atoms with Crippen molar-refractivity contribution in [2.45, 2.75) is 31.8 Å². The number of carbonyl (C=O) groups is 1. The summed E-state index contributed by atoms with van der Waals surface area (Å²) in [6.07, 6.45) is 3.42. The monoisotopic (exact) mass is 319 g/mol. The average Bonchev–Trinajstić information content (AvgIpc) is 2.55. The lowest BCUT2D eigenvalue weighted by atomic mass is 10.0. The Hall–Kier alpha value is -1.43. The first-order valence-corrected chi connectivity index (χ1v) is 8.47. The van der Waals surface area contributed by atoms with Gasteiger partial charge in [0, 0.05) is 31.2 Å². The number of piperidine rings is 1. The van der Waals surface area contributed by atoms with Crippen molar-refractivity contribution in [3.05, 3.63) is 35.4 Å². The van der Waals surface area contributed by atoms with Crippen molar-refractivity contribution in [2.24, 2.45) is 0 Å². The second-order valence-corrected chi connectivity index (χ2v) is 6.56. The Morgan fingerprint density at radius 2 is 2.04 bits per heavy atom. The van der Waals surface area contributed by atoms with Crippen LogP contribution in [0.25, 0.3) is 0 Å². The third-order valence-electron chi connectivity index (χ3n) is 4.36. The van der Waals surface area contributed by atoms with Gasteiger partial charge in [-0.25, -0.2) is 0 Å². The summed E-state index contributed by atoms with van der Waals surface area (Å²) in [7, 11) is 4.06. The molecule has 5 heteroatoms. The molecule has 0 aliphatic carbocycles. The van der Waals surface area contributed by atoms with Crippen molar-refractivity contribution in [1.82, 2.24) is 15.1 Å². The molecule has 2 rings (SSSR count). The topological polar surface area (TPSA) is 55.8 Å². The summed E-state index contributed by atoms with van der Waals surface area (Å²) < 4.78 is 0. The van der Waals surface area contributed by atoms with Crippen LogP contribution < -0.4 is 5.32 Å². The van der Waals surface area contributed by atoms with Gasteiger partial charge in [0.25, 0.3) is 5.91 Å². The number of nitrogens with one attached hydrogen (secondary N) is 1. The van der Waals surface area contributed by atoms with E-state index in [1.165, 1.54) is 18.4 Å². The fourth-order valence-electron chi connectivity index (χ4n) is 3.10. The summed E-state index contributed by atoms with van der Waals surface area (Å²) in [6.45, 7) is 3.52. The number of amides is 1. The molecular formula is C18H29N3O2. The van der Waals surface area contributed by atoms with E-state index in [-0.39, 0.29) is 18.6 Å². The molecule has 0 saturated carbocycles. The Kier molecular flexibility index (Phi) is 7.02. The first kappa shape index (κ1) is 17.9. The van der Waals surface area contributed by atoms with Gasteiger partial charge in [-0.05, 0) is 51.2 Å². The van der Waals surface area contributed by atoms with Crippen LogP contribution in [0, 0.1) is 0 Å². The van der Waals surface area contributed by atoms with Crippen molar-refractivity contribution in [3.8, 4) is 0 Å². The predicted octanol–water partition coefficient (Wildman–Crippen LogP) is 1.32. The van der Waals surface area contributed by atoms with Crippen LogP contribution in [0.2, 0.25) is 0 Å². The quantitative estimate of drug-likeness (QED) is 0.796. The van der Waals surface area contributed by atoms with Crippen molar-refractivity contribution < 1.29 is 9.90 Å². The van der Waals surface area contributed by atoms with Crippen LogP contribution in [0.1, 0.15) is 35.2 Å². The summed E-state index contributed by atoms with van der Waals surface area (Å²) >= 11 is 0. The maximum atomic E-state index is 12.2. The number of hydrogen-bond donors (Lipinski definition) is 2. The first-order chi connectivity index (χ1) is 11.1. The highest BCUT2D eigenvalue weighted by Gasteiger charge is 2.21. The van der Waals surface area contributed by atoms with Crippen LogP contribution >= 0.6 is 0 Å². The minimum Gasteiger partial charge on any atom is -0.395 e. The number of carbonyl (C=O) groups excluding carboxylic acids is 1. The Morgan fingerprint density at radius 1 is 1.30 bits per heavy atom. The molecule has 1 aliphatic heterocycles. The molecule has 0 aromatic heterocycles. The Bertz CT molecular complexity index is 488. The Labute approximate surface area is 139 Å². The van der Waals surface area contributed by atoms with E-state index in [1.54, 1.807) is 0 Å². The largest absolute Gasteiger partial charge is 0.395 e. The molecule has 0 spiro atoms. The van der Waals surface area contributed by atoms with Crippen LogP contribution in [0.15, 0.2) is 24.3 Å². The van der Waals surface area contributed by atoms with Crippen LogP contribution in [0.5, 0.6) is 0 Å². The zero-order valence-electron chi connectivity index (χ0n) is 14.3. The van der Waals surface area contributed by atoms with Gasteiger partial charge in [0.05, 0.1) is 6.61 Å². The number of benzene rings is 1. The summed E-state index contributed by atoms with van der Waals surface area (Å²) in [6, 6.07) is 8.02. The van der Waals surface area contributed by atoms with Crippen LogP contribution in [0.3, 0.4) is 0 Å². The molecule has 128 valence electrons. The lowest BCUT2D eigenvalue weighted by Crippen LogP contribution is -2.45. The SMILES string of the molecule is CN(C)Cc1ccc(C(=O)NCCN2CCCC[C@@H]2CO)cc1. The third-order valence-corrected chi connectivity index (χ3v) is 4.36. The molecule has 1 amide bonds. The van der Waals surface area contributed by atoms with E-state index in [0.29, 0.717) is 12.1 Å². The van der Waals surface area contributed by atoms with Crippen molar-refractivity contribution >= 4 is 5.91 Å². The molecule has 5 nitrogen and oxygen atoms in total. The second kappa shape index (κ2) is 9.01. The molecular weight excluding hydrogens is 290 g/mol. The number of likely N-dealkylation sites (tertiary alicyclic amines) is 1. The molecule has 0 radical (unpaired) electrons. The smallest absolute Gasteiger partial charge is 0.251 e. The molecule has 1 saturated heterocycles. The van der Waals surface area contributed by atoms with Gasteiger partial charge >= 0.3 is 0 Å². The zero-order chi connectivity index (χ0) is 16.7. The van der Waals surface area contributed by atoms with E-state index in [1.807, 2.05) is 38.4 Å². The number of nitrogens with zero attached hydrogens (tertiary/aromatic N) is 2. The lowest BCUT2D eigenvalue weighted by Gasteiger charge is -2.34. The van der Waals surface area contributed by atoms with Crippen molar-refractivity contribution in [2.75, 3.05) is 40.3 Å². The van der Waals surface area contributed by atoms with Crippen LogP contribution in [-0.4, -0.2) is 67.2 Å². The normalized spacial score (nSPS) is 19.0. The Balaban J connectivity index is 1.78. The van der Waals surface area contributed by atoms with E-state index in [9.17, 15) is 9.90 Å². The first-order valence-electron chi connectivity index (χ1n) is 8.47. The summed E-state index contributed by atoms with van der Waals surface area (Å²) in [5, 5.41) is 12.4. The van der Waals surface area contributed by atoms with Crippen LogP contribution in [-0.2, 0) is 6.54 Å². The summed E-state index contributed by atoms with van der Waals surface area (Å²) in [5.41, 5.74) is 1.90. The maximum absolute atomic E-state index is 12.2. The Morgan fingerprint density at radius 3 is 2.70 bits per heavy atom. The third kappa shape index (κ3) is 5.61. The molecule has 1 heterocycles. The van der Waals surface area contributed by atoms with Gasteiger partial charge < -0.3 is 15.3 Å².